The van der Waals surface area contributed by atoms with Gasteiger partial charge in [-0.3, -0.25) is 0 Å². The third-order valence-electron chi connectivity index (χ3n) is 1.68. The van der Waals surface area contributed by atoms with E-state index in [1.54, 1.807) is 13.3 Å². The molecular formula is C8H9N3OS. The second-order valence-corrected chi connectivity index (χ2v) is 3.57. The zero-order valence-electron chi connectivity index (χ0n) is 7.15. The summed E-state index contributed by atoms with van der Waals surface area (Å²) in [4.78, 5) is 9.39. The van der Waals surface area contributed by atoms with Crippen molar-refractivity contribution in [2.24, 2.45) is 5.73 Å². The molecule has 0 bridgehead atoms. The Morgan fingerprint density at radius 2 is 2.46 bits per heavy atom. The van der Waals surface area contributed by atoms with Crippen LogP contribution in [0.2, 0.25) is 0 Å². The van der Waals surface area contributed by atoms with Crippen molar-refractivity contribution in [3.63, 3.8) is 0 Å². The minimum atomic E-state index is 0.462. The highest BCUT2D eigenvalue weighted by Crippen LogP contribution is 2.22. The van der Waals surface area contributed by atoms with Crippen LogP contribution in [0, 0.1) is 0 Å². The van der Waals surface area contributed by atoms with Crippen LogP contribution < -0.4 is 10.5 Å². The summed E-state index contributed by atoms with van der Waals surface area (Å²) in [6.07, 6.45) is 1.68. The molecule has 0 unspecified atom stereocenters. The van der Waals surface area contributed by atoms with Crippen molar-refractivity contribution in [3.8, 4) is 5.75 Å². The van der Waals surface area contributed by atoms with Crippen molar-refractivity contribution in [2.45, 2.75) is 6.54 Å². The fraction of sp³-hybridized carbons (Fsp3) is 0.250. The predicted molar refractivity (Wildman–Crippen MR) is 51.9 cm³/mol. The largest absolute Gasteiger partial charge is 0.495 e. The van der Waals surface area contributed by atoms with E-state index in [2.05, 4.69) is 9.97 Å². The van der Waals surface area contributed by atoms with E-state index in [0.717, 1.165) is 21.1 Å². The Morgan fingerprint density at radius 3 is 3.15 bits per heavy atom. The highest BCUT2D eigenvalue weighted by atomic mass is 32.1. The SMILES string of the molecule is COc1cnc2sc(CN)nc2c1. The lowest BCUT2D eigenvalue weighted by Gasteiger charge is -1.95. The molecule has 0 spiro atoms. The van der Waals surface area contributed by atoms with Crippen molar-refractivity contribution in [2.75, 3.05) is 7.11 Å². The Hall–Kier alpha value is -1.20. The topological polar surface area (TPSA) is 61.0 Å². The molecule has 0 radical (unpaired) electrons. The summed E-state index contributed by atoms with van der Waals surface area (Å²) in [5, 5.41) is 0.899. The van der Waals surface area contributed by atoms with Crippen LogP contribution >= 0.6 is 11.3 Å². The molecule has 0 atom stereocenters. The van der Waals surface area contributed by atoms with Crippen molar-refractivity contribution in [1.82, 2.24) is 9.97 Å². The molecule has 4 nitrogen and oxygen atoms in total. The second-order valence-electron chi connectivity index (χ2n) is 2.51. The number of thiazole rings is 1. The van der Waals surface area contributed by atoms with Gasteiger partial charge in [0.2, 0.25) is 0 Å². The molecule has 2 rings (SSSR count). The number of fused-ring (bicyclic) bond motifs is 1. The lowest BCUT2D eigenvalue weighted by Crippen LogP contribution is -1.93. The first-order chi connectivity index (χ1) is 6.33. The quantitative estimate of drug-likeness (QED) is 0.781. The highest BCUT2D eigenvalue weighted by molar-refractivity contribution is 7.18. The van der Waals surface area contributed by atoms with Crippen LogP contribution in [0.1, 0.15) is 5.01 Å². The smallest absolute Gasteiger partial charge is 0.143 e. The van der Waals surface area contributed by atoms with E-state index in [1.165, 1.54) is 11.3 Å². The summed E-state index contributed by atoms with van der Waals surface area (Å²) in [5.41, 5.74) is 6.32. The molecule has 0 aliphatic carbocycles. The van der Waals surface area contributed by atoms with Crippen LogP contribution in [0.15, 0.2) is 12.3 Å². The number of aromatic nitrogens is 2. The molecule has 0 fully saturated rings. The van der Waals surface area contributed by atoms with Gasteiger partial charge in [0, 0.05) is 12.6 Å². The third-order valence-corrected chi connectivity index (χ3v) is 2.68. The van der Waals surface area contributed by atoms with Gasteiger partial charge in [-0.15, -0.1) is 0 Å². The fourth-order valence-corrected chi connectivity index (χ4v) is 1.81. The molecule has 2 heterocycles. The number of nitrogens with zero attached hydrogens (tertiary/aromatic N) is 2. The number of ether oxygens (including phenoxy) is 1. The Bertz CT molecular complexity index is 424. The van der Waals surface area contributed by atoms with Crippen molar-refractivity contribution in [3.05, 3.63) is 17.3 Å². The Balaban J connectivity index is 2.57. The first kappa shape index (κ1) is 8.40. The van der Waals surface area contributed by atoms with Gasteiger partial charge in [-0.1, -0.05) is 11.3 Å². The van der Waals surface area contributed by atoms with Crippen molar-refractivity contribution in [1.29, 1.82) is 0 Å². The predicted octanol–water partition coefficient (Wildman–Crippen LogP) is 1.16. The van der Waals surface area contributed by atoms with Gasteiger partial charge in [-0.25, -0.2) is 9.97 Å². The van der Waals surface area contributed by atoms with E-state index in [9.17, 15) is 0 Å². The van der Waals surface area contributed by atoms with E-state index >= 15 is 0 Å². The van der Waals surface area contributed by atoms with Gasteiger partial charge in [0.25, 0.3) is 0 Å². The highest BCUT2D eigenvalue weighted by Gasteiger charge is 2.04. The summed E-state index contributed by atoms with van der Waals surface area (Å²) in [5.74, 6) is 0.723. The maximum atomic E-state index is 5.47. The molecule has 0 aliphatic rings. The Labute approximate surface area is 79.4 Å². The molecule has 2 N–H and O–H groups in total. The zero-order chi connectivity index (χ0) is 9.26. The summed E-state index contributed by atoms with van der Waals surface area (Å²) in [6, 6.07) is 1.86. The number of hydrogen-bond acceptors (Lipinski definition) is 5. The molecule has 0 saturated heterocycles. The van der Waals surface area contributed by atoms with Crippen molar-refractivity contribution < 1.29 is 4.74 Å². The van der Waals surface area contributed by atoms with Gasteiger partial charge < -0.3 is 10.5 Å². The molecule has 13 heavy (non-hydrogen) atoms. The molecule has 2 aromatic heterocycles. The second kappa shape index (κ2) is 3.27. The van der Waals surface area contributed by atoms with Crippen LogP contribution in [-0.4, -0.2) is 17.1 Å². The van der Waals surface area contributed by atoms with Crippen LogP contribution in [0.4, 0.5) is 0 Å². The number of nitrogens with two attached hydrogens (primary N) is 1. The van der Waals surface area contributed by atoms with Gasteiger partial charge in [0.15, 0.2) is 0 Å². The number of hydrogen-bond donors (Lipinski definition) is 1. The van der Waals surface area contributed by atoms with Gasteiger partial charge in [0.1, 0.15) is 21.1 Å². The normalized spacial score (nSPS) is 10.6. The first-order valence-corrected chi connectivity index (χ1v) is 4.64. The van der Waals surface area contributed by atoms with Gasteiger partial charge >= 0.3 is 0 Å². The van der Waals surface area contributed by atoms with E-state index < -0.39 is 0 Å². The lowest BCUT2D eigenvalue weighted by molar-refractivity contribution is 0.413. The van der Waals surface area contributed by atoms with Gasteiger partial charge in [-0.05, 0) is 0 Å². The van der Waals surface area contributed by atoms with Crippen LogP contribution in [0.5, 0.6) is 5.75 Å². The Morgan fingerprint density at radius 1 is 1.62 bits per heavy atom. The molecule has 0 saturated carbocycles. The molecule has 0 aromatic carbocycles. The van der Waals surface area contributed by atoms with Gasteiger partial charge in [0.05, 0.1) is 13.3 Å². The molecule has 0 aliphatic heterocycles. The minimum absolute atomic E-state index is 0.462. The van der Waals surface area contributed by atoms with Crippen LogP contribution in [0.3, 0.4) is 0 Å². The standard InChI is InChI=1S/C8H9N3OS/c1-12-5-2-6-8(10-4-5)13-7(3-9)11-6/h2,4H,3,9H2,1H3. The lowest BCUT2D eigenvalue weighted by atomic mass is 10.4. The summed E-state index contributed by atoms with van der Waals surface area (Å²) >= 11 is 1.51. The average Bonchev–Trinajstić information content (AvgIpc) is 2.58. The van der Waals surface area contributed by atoms with E-state index in [0.29, 0.717) is 6.54 Å². The van der Waals surface area contributed by atoms with Crippen LogP contribution in [-0.2, 0) is 6.54 Å². The molecule has 2 aromatic rings. The van der Waals surface area contributed by atoms with Crippen molar-refractivity contribution >= 4 is 21.7 Å². The van der Waals surface area contributed by atoms with E-state index in [-0.39, 0.29) is 0 Å². The van der Waals surface area contributed by atoms with E-state index in [1.807, 2.05) is 6.07 Å². The van der Waals surface area contributed by atoms with Gasteiger partial charge in [-0.2, -0.15) is 0 Å². The molecule has 5 heteroatoms. The molecule has 68 valence electrons. The number of rotatable bonds is 2. The maximum Gasteiger partial charge on any atom is 0.143 e. The summed E-state index contributed by atoms with van der Waals surface area (Å²) < 4.78 is 5.04. The van der Waals surface area contributed by atoms with Crippen LogP contribution in [0.25, 0.3) is 10.3 Å². The minimum Gasteiger partial charge on any atom is -0.495 e. The number of pyridine rings is 1. The van der Waals surface area contributed by atoms with E-state index in [4.69, 9.17) is 10.5 Å². The molecular weight excluding hydrogens is 186 g/mol. The Kier molecular flexibility index (Phi) is 2.12. The maximum absolute atomic E-state index is 5.47. The third kappa shape index (κ3) is 1.48. The zero-order valence-corrected chi connectivity index (χ0v) is 7.97. The molecule has 0 amide bonds. The number of methoxy groups -OCH3 is 1. The average molecular weight is 195 g/mol. The first-order valence-electron chi connectivity index (χ1n) is 3.83. The summed E-state index contributed by atoms with van der Waals surface area (Å²) in [6.45, 7) is 0.462. The monoisotopic (exact) mass is 195 g/mol. The fourth-order valence-electron chi connectivity index (χ4n) is 1.05. The summed E-state index contributed by atoms with van der Waals surface area (Å²) in [7, 11) is 1.61.